The molecule has 1 heterocycles. The summed E-state index contributed by atoms with van der Waals surface area (Å²) in [6, 6.07) is 29.4. The van der Waals surface area contributed by atoms with E-state index in [9.17, 15) is 0 Å². The molecule has 0 saturated carbocycles. The molecule has 0 atom stereocenters. The van der Waals surface area contributed by atoms with Crippen molar-refractivity contribution in [3.63, 3.8) is 0 Å². The smallest absolute Gasteiger partial charge is 0.0668 e. The zero-order valence-corrected chi connectivity index (χ0v) is 20.2. The van der Waals surface area contributed by atoms with Gasteiger partial charge < -0.3 is 4.90 Å². The summed E-state index contributed by atoms with van der Waals surface area (Å²) in [5.41, 5.74) is 5.62. The highest BCUT2D eigenvalue weighted by Gasteiger charge is 2.17. The van der Waals surface area contributed by atoms with Crippen LogP contribution in [-0.2, 0) is 6.54 Å². The molecule has 166 valence electrons. The van der Waals surface area contributed by atoms with Gasteiger partial charge in [-0.05, 0) is 52.2 Å². The molecular formula is C28H23Cl3N2. The van der Waals surface area contributed by atoms with Gasteiger partial charge in [-0.15, -0.1) is 12.4 Å². The van der Waals surface area contributed by atoms with Crippen molar-refractivity contribution < 1.29 is 0 Å². The summed E-state index contributed by atoms with van der Waals surface area (Å²) in [6.45, 7) is 2.46. The largest absolute Gasteiger partial charge is 0.365 e. The number of para-hydroxylation sites is 1. The number of nitrogens with zero attached hydrogens (tertiary/aromatic N) is 2. The third-order valence-corrected chi connectivity index (χ3v) is 6.48. The fraction of sp³-hybridized carbons (Fsp3) is 0.107. The van der Waals surface area contributed by atoms with Crippen molar-refractivity contribution in [2.75, 3.05) is 18.0 Å². The number of hydrogen-bond acceptors (Lipinski definition) is 2. The van der Waals surface area contributed by atoms with Crippen LogP contribution >= 0.6 is 35.6 Å². The molecule has 4 aromatic carbocycles. The molecule has 2 nitrogen and oxygen atoms in total. The highest BCUT2D eigenvalue weighted by molar-refractivity contribution is 6.42. The quantitative estimate of drug-likeness (QED) is 0.280. The normalized spacial score (nSPS) is 13.4. The van der Waals surface area contributed by atoms with Crippen LogP contribution < -0.4 is 4.90 Å². The van der Waals surface area contributed by atoms with Crippen LogP contribution in [0.2, 0.25) is 10.0 Å². The summed E-state index contributed by atoms with van der Waals surface area (Å²) in [5, 5.41) is 3.66. The van der Waals surface area contributed by atoms with E-state index in [0.29, 0.717) is 10.0 Å². The lowest BCUT2D eigenvalue weighted by atomic mass is 10.0. The van der Waals surface area contributed by atoms with E-state index in [2.05, 4.69) is 77.7 Å². The zero-order chi connectivity index (χ0) is 21.9. The minimum absolute atomic E-state index is 0. The molecule has 0 spiro atoms. The molecule has 0 amide bonds. The molecule has 0 fully saturated rings. The molecule has 0 aromatic heterocycles. The Balaban J connectivity index is 0.00000259. The van der Waals surface area contributed by atoms with E-state index in [1.807, 2.05) is 24.3 Å². The minimum Gasteiger partial charge on any atom is -0.365 e. The second-order valence-electron chi connectivity index (χ2n) is 7.89. The van der Waals surface area contributed by atoms with Crippen molar-refractivity contribution in [1.29, 1.82) is 0 Å². The third kappa shape index (κ3) is 5.25. The third-order valence-electron chi connectivity index (χ3n) is 5.74. The Morgan fingerprint density at radius 3 is 2.42 bits per heavy atom. The molecule has 0 saturated heterocycles. The first-order chi connectivity index (χ1) is 15.7. The van der Waals surface area contributed by atoms with E-state index in [-0.39, 0.29) is 12.4 Å². The van der Waals surface area contributed by atoms with E-state index < -0.39 is 0 Å². The second kappa shape index (κ2) is 10.4. The van der Waals surface area contributed by atoms with Crippen molar-refractivity contribution in [1.82, 2.24) is 0 Å². The van der Waals surface area contributed by atoms with Gasteiger partial charge in [-0.1, -0.05) is 89.9 Å². The summed E-state index contributed by atoms with van der Waals surface area (Å²) >= 11 is 12.2. The van der Waals surface area contributed by atoms with Crippen molar-refractivity contribution in [3.8, 4) is 0 Å². The van der Waals surface area contributed by atoms with Crippen LogP contribution in [-0.4, -0.2) is 18.8 Å². The van der Waals surface area contributed by atoms with Gasteiger partial charge in [0.25, 0.3) is 0 Å². The molecule has 0 N–H and O–H groups in total. The van der Waals surface area contributed by atoms with Gasteiger partial charge in [-0.2, -0.15) is 0 Å². The van der Waals surface area contributed by atoms with Gasteiger partial charge in [0.1, 0.15) is 0 Å². The maximum atomic E-state index is 6.17. The Labute approximate surface area is 210 Å². The maximum absolute atomic E-state index is 6.17. The molecule has 33 heavy (non-hydrogen) atoms. The number of allylic oxidation sites excluding steroid dienone is 1. The first kappa shape index (κ1) is 23.4. The van der Waals surface area contributed by atoms with Crippen molar-refractivity contribution in [2.45, 2.75) is 6.54 Å². The van der Waals surface area contributed by atoms with Crippen LogP contribution in [0.3, 0.4) is 0 Å². The lowest BCUT2D eigenvalue weighted by Gasteiger charge is -2.25. The maximum Gasteiger partial charge on any atom is 0.0668 e. The van der Waals surface area contributed by atoms with Crippen LogP contribution in [0.1, 0.15) is 16.7 Å². The van der Waals surface area contributed by atoms with E-state index in [4.69, 9.17) is 28.2 Å². The summed E-state index contributed by atoms with van der Waals surface area (Å²) in [4.78, 5) is 7.31. The van der Waals surface area contributed by atoms with E-state index in [0.717, 1.165) is 36.5 Å². The SMILES string of the molecule is Cl.Clc1ccc(/C=C/C2=NCCN(Cc3ccc4ccccc4c3)c3ccccc32)cc1Cl. The molecule has 5 heteroatoms. The Kier molecular flexibility index (Phi) is 7.39. The molecule has 1 aliphatic heterocycles. The Morgan fingerprint density at radius 1 is 0.788 bits per heavy atom. The van der Waals surface area contributed by atoms with Crippen molar-refractivity contribution in [3.05, 3.63) is 118 Å². The Hall–Kier alpha value is -2.78. The Bertz CT molecular complexity index is 1340. The number of aliphatic imine (C=N–C) groups is 1. The molecule has 0 aliphatic carbocycles. The summed E-state index contributed by atoms with van der Waals surface area (Å²) in [7, 11) is 0. The second-order valence-corrected chi connectivity index (χ2v) is 8.71. The highest BCUT2D eigenvalue weighted by Crippen LogP contribution is 2.28. The molecule has 0 radical (unpaired) electrons. The average molecular weight is 494 g/mol. The number of benzodiazepines with no additional fused rings is 1. The highest BCUT2D eigenvalue weighted by atomic mass is 35.5. The molecule has 0 bridgehead atoms. The van der Waals surface area contributed by atoms with Crippen LogP contribution in [0, 0.1) is 0 Å². The number of anilines is 1. The first-order valence-electron chi connectivity index (χ1n) is 10.7. The summed E-state index contributed by atoms with van der Waals surface area (Å²) in [5.74, 6) is 0. The minimum atomic E-state index is 0. The predicted octanol–water partition coefficient (Wildman–Crippen LogP) is 8.09. The standard InChI is InChI=1S/C28H22Cl2N2.ClH/c29-25-13-10-20(18-26(25)30)11-14-27-24-7-3-4-8-28(24)32(16-15-31-27)19-21-9-12-22-5-1-2-6-23(22)17-21;/h1-14,17-18H,15-16,19H2;1H/b14-11+;. The monoisotopic (exact) mass is 492 g/mol. The van der Waals surface area contributed by atoms with Gasteiger partial charge in [-0.25, -0.2) is 0 Å². The van der Waals surface area contributed by atoms with Crippen molar-refractivity contribution >= 4 is 63.9 Å². The number of fused-ring (bicyclic) bond motifs is 2. The average Bonchev–Trinajstić information content (AvgIpc) is 2.99. The lowest BCUT2D eigenvalue weighted by Crippen LogP contribution is -2.25. The first-order valence-corrected chi connectivity index (χ1v) is 11.4. The number of hydrogen-bond donors (Lipinski definition) is 0. The van der Waals surface area contributed by atoms with Gasteiger partial charge >= 0.3 is 0 Å². The van der Waals surface area contributed by atoms with Crippen LogP contribution in [0.15, 0.2) is 96.0 Å². The van der Waals surface area contributed by atoms with Crippen LogP contribution in [0.5, 0.6) is 0 Å². The van der Waals surface area contributed by atoms with E-state index >= 15 is 0 Å². The summed E-state index contributed by atoms with van der Waals surface area (Å²) in [6.07, 6.45) is 4.11. The van der Waals surface area contributed by atoms with Gasteiger partial charge in [-0.3, -0.25) is 4.99 Å². The van der Waals surface area contributed by atoms with E-state index in [1.54, 1.807) is 0 Å². The predicted molar refractivity (Wildman–Crippen MR) is 146 cm³/mol. The molecule has 1 aliphatic rings. The molecule has 0 unspecified atom stereocenters. The van der Waals surface area contributed by atoms with Gasteiger partial charge in [0.2, 0.25) is 0 Å². The molecule has 4 aromatic rings. The van der Waals surface area contributed by atoms with Gasteiger partial charge in [0.15, 0.2) is 0 Å². The molecule has 5 rings (SSSR count). The molecular weight excluding hydrogens is 471 g/mol. The van der Waals surface area contributed by atoms with Crippen LogP contribution in [0.25, 0.3) is 16.8 Å². The van der Waals surface area contributed by atoms with Crippen LogP contribution in [0.4, 0.5) is 5.69 Å². The Morgan fingerprint density at radius 2 is 1.58 bits per heavy atom. The number of rotatable bonds is 4. The van der Waals surface area contributed by atoms with E-state index in [1.165, 1.54) is 22.0 Å². The number of benzene rings is 4. The zero-order valence-electron chi connectivity index (χ0n) is 17.9. The summed E-state index contributed by atoms with van der Waals surface area (Å²) < 4.78 is 0. The fourth-order valence-corrected chi connectivity index (χ4v) is 4.42. The van der Waals surface area contributed by atoms with Gasteiger partial charge in [0, 0.05) is 24.3 Å². The topological polar surface area (TPSA) is 15.6 Å². The fourth-order valence-electron chi connectivity index (χ4n) is 4.12. The lowest BCUT2D eigenvalue weighted by molar-refractivity contribution is 0.798. The van der Waals surface area contributed by atoms with Crippen molar-refractivity contribution in [2.24, 2.45) is 4.99 Å². The number of halogens is 3. The van der Waals surface area contributed by atoms with Gasteiger partial charge in [0.05, 0.1) is 22.3 Å².